The summed E-state index contributed by atoms with van der Waals surface area (Å²) in [5.41, 5.74) is 7.52. The zero-order chi connectivity index (χ0) is 12.3. The number of hydrogen-bond acceptors (Lipinski definition) is 4. The number of hydrogen-bond donors (Lipinski definition) is 1. The van der Waals surface area contributed by atoms with Gasteiger partial charge in [-0.05, 0) is 31.2 Å². The minimum atomic E-state index is 0.280. The molecule has 2 rings (SSSR count). The molecule has 2 N–H and O–H groups in total. The smallest absolute Gasteiger partial charge is 0.164 e. The molecule has 1 aromatic heterocycles. The van der Waals surface area contributed by atoms with Gasteiger partial charge in [-0.25, -0.2) is 4.98 Å². The van der Waals surface area contributed by atoms with Crippen molar-refractivity contribution in [3.63, 3.8) is 0 Å². The molecule has 2 aromatic rings. The monoisotopic (exact) mass is 241 g/mol. The van der Waals surface area contributed by atoms with Crippen molar-refractivity contribution in [2.75, 3.05) is 5.73 Å². The van der Waals surface area contributed by atoms with Gasteiger partial charge in [0.15, 0.2) is 5.69 Å². The zero-order valence-electron chi connectivity index (χ0n) is 9.34. The van der Waals surface area contributed by atoms with Crippen LogP contribution >= 0.6 is 11.8 Å². The molecule has 0 amide bonds. The van der Waals surface area contributed by atoms with Gasteiger partial charge < -0.3 is 5.73 Å². The molecule has 0 saturated carbocycles. The fourth-order valence-corrected chi connectivity index (χ4v) is 2.30. The second kappa shape index (κ2) is 4.89. The maximum Gasteiger partial charge on any atom is 0.164 e. The van der Waals surface area contributed by atoms with Crippen LogP contribution in [0.25, 0.3) is 0 Å². The number of anilines is 1. The number of nitriles is 1. The van der Waals surface area contributed by atoms with E-state index in [1.54, 1.807) is 6.07 Å². The van der Waals surface area contributed by atoms with Crippen LogP contribution in [0.5, 0.6) is 0 Å². The average Bonchev–Trinajstić information content (AvgIpc) is 2.32. The second-order valence-electron chi connectivity index (χ2n) is 3.62. The van der Waals surface area contributed by atoms with Gasteiger partial charge in [0, 0.05) is 4.90 Å². The van der Waals surface area contributed by atoms with E-state index >= 15 is 0 Å². The standard InChI is InChI=1S/C13H11N3S/c1-9-3-2-4-10(7-9)17-13-6-5-11(15)12(8-14)16-13/h2-7H,15H2,1H3. The molecule has 1 aromatic carbocycles. The lowest BCUT2D eigenvalue weighted by atomic mass is 10.2. The molecule has 0 aliphatic carbocycles. The number of aromatic nitrogens is 1. The van der Waals surface area contributed by atoms with Gasteiger partial charge in [-0.15, -0.1) is 0 Å². The first-order valence-electron chi connectivity index (χ1n) is 5.10. The van der Waals surface area contributed by atoms with Gasteiger partial charge in [-0.2, -0.15) is 5.26 Å². The first-order valence-corrected chi connectivity index (χ1v) is 5.92. The molecular weight excluding hydrogens is 230 g/mol. The molecule has 1 heterocycles. The third-order valence-electron chi connectivity index (χ3n) is 2.22. The van der Waals surface area contributed by atoms with Crippen molar-refractivity contribution >= 4 is 17.4 Å². The highest BCUT2D eigenvalue weighted by Crippen LogP contribution is 2.27. The summed E-state index contributed by atoms with van der Waals surface area (Å²) in [6.45, 7) is 2.04. The highest BCUT2D eigenvalue weighted by Gasteiger charge is 2.04. The first-order chi connectivity index (χ1) is 8.19. The Morgan fingerprint density at radius 1 is 1.29 bits per heavy atom. The predicted octanol–water partition coefficient (Wildman–Crippen LogP) is 3.00. The lowest BCUT2D eigenvalue weighted by Gasteiger charge is -2.03. The highest BCUT2D eigenvalue weighted by molar-refractivity contribution is 7.99. The van der Waals surface area contributed by atoms with Crippen molar-refractivity contribution in [2.24, 2.45) is 0 Å². The third-order valence-corrected chi connectivity index (χ3v) is 3.14. The molecule has 0 bridgehead atoms. The Morgan fingerprint density at radius 2 is 2.12 bits per heavy atom. The largest absolute Gasteiger partial charge is 0.396 e. The Morgan fingerprint density at radius 3 is 2.82 bits per heavy atom. The van der Waals surface area contributed by atoms with Crippen molar-refractivity contribution in [1.82, 2.24) is 4.98 Å². The Labute approximate surface area is 104 Å². The van der Waals surface area contributed by atoms with Crippen LogP contribution in [-0.2, 0) is 0 Å². The van der Waals surface area contributed by atoms with Crippen molar-refractivity contribution in [3.8, 4) is 6.07 Å². The van der Waals surface area contributed by atoms with Crippen LogP contribution in [0.1, 0.15) is 11.3 Å². The molecule has 0 atom stereocenters. The summed E-state index contributed by atoms with van der Waals surface area (Å²) in [5.74, 6) is 0. The second-order valence-corrected chi connectivity index (χ2v) is 4.71. The van der Waals surface area contributed by atoms with E-state index in [0.29, 0.717) is 5.69 Å². The number of nitrogens with two attached hydrogens (primary N) is 1. The average molecular weight is 241 g/mol. The Hall–Kier alpha value is -1.99. The van der Waals surface area contributed by atoms with Crippen LogP contribution in [0.3, 0.4) is 0 Å². The predicted molar refractivity (Wildman–Crippen MR) is 68.7 cm³/mol. The summed E-state index contributed by atoms with van der Waals surface area (Å²) in [4.78, 5) is 5.30. The number of nitrogens with zero attached hydrogens (tertiary/aromatic N) is 2. The number of pyridine rings is 1. The SMILES string of the molecule is Cc1cccc(Sc2ccc(N)c(C#N)n2)c1. The molecular formula is C13H11N3S. The van der Waals surface area contributed by atoms with Crippen LogP contribution in [0.4, 0.5) is 5.69 Å². The number of nitrogen functional groups attached to an aromatic ring is 1. The van der Waals surface area contributed by atoms with Crippen LogP contribution in [-0.4, -0.2) is 4.98 Å². The fraction of sp³-hybridized carbons (Fsp3) is 0.0769. The Balaban J connectivity index is 2.28. The van der Waals surface area contributed by atoms with Crippen LogP contribution in [0, 0.1) is 18.3 Å². The summed E-state index contributed by atoms with van der Waals surface area (Å²) in [6.07, 6.45) is 0. The van der Waals surface area contributed by atoms with Gasteiger partial charge in [0.1, 0.15) is 11.1 Å². The van der Waals surface area contributed by atoms with Crippen LogP contribution < -0.4 is 5.73 Å². The van der Waals surface area contributed by atoms with Gasteiger partial charge in [0.2, 0.25) is 0 Å². The van der Waals surface area contributed by atoms with Gasteiger partial charge in [0.05, 0.1) is 5.69 Å². The summed E-state index contributed by atoms with van der Waals surface area (Å²) < 4.78 is 0. The van der Waals surface area contributed by atoms with Crippen molar-refractivity contribution < 1.29 is 0 Å². The summed E-state index contributed by atoms with van der Waals surface area (Å²) in [6, 6.07) is 13.7. The quantitative estimate of drug-likeness (QED) is 0.878. The van der Waals surface area contributed by atoms with Gasteiger partial charge >= 0.3 is 0 Å². The number of aryl methyl sites for hydroxylation is 1. The minimum Gasteiger partial charge on any atom is -0.396 e. The maximum atomic E-state index is 8.85. The molecule has 0 unspecified atom stereocenters. The van der Waals surface area contributed by atoms with E-state index < -0.39 is 0 Å². The summed E-state index contributed by atoms with van der Waals surface area (Å²) in [7, 11) is 0. The molecule has 0 aliphatic rings. The van der Waals surface area contributed by atoms with E-state index in [1.807, 2.05) is 37.3 Å². The molecule has 0 saturated heterocycles. The first kappa shape index (κ1) is 11.5. The van der Waals surface area contributed by atoms with Crippen LogP contribution in [0.15, 0.2) is 46.3 Å². The summed E-state index contributed by atoms with van der Waals surface area (Å²) >= 11 is 1.52. The highest BCUT2D eigenvalue weighted by atomic mass is 32.2. The molecule has 0 radical (unpaired) electrons. The van der Waals surface area contributed by atoms with E-state index in [1.165, 1.54) is 17.3 Å². The molecule has 4 heteroatoms. The molecule has 17 heavy (non-hydrogen) atoms. The van der Waals surface area contributed by atoms with Gasteiger partial charge in [-0.1, -0.05) is 29.5 Å². The normalized spacial score (nSPS) is 9.88. The Bertz CT molecular complexity index is 587. The molecule has 0 fully saturated rings. The van der Waals surface area contributed by atoms with Gasteiger partial charge in [-0.3, -0.25) is 0 Å². The lowest BCUT2D eigenvalue weighted by Crippen LogP contribution is -1.94. The van der Waals surface area contributed by atoms with E-state index in [4.69, 9.17) is 11.0 Å². The van der Waals surface area contributed by atoms with Crippen molar-refractivity contribution in [3.05, 3.63) is 47.7 Å². The van der Waals surface area contributed by atoms with E-state index in [-0.39, 0.29) is 5.69 Å². The maximum absolute atomic E-state index is 8.85. The van der Waals surface area contributed by atoms with E-state index in [9.17, 15) is 0 Å². The van der Waals surface area contributed by atoms with Crippen LogP contribution in [0.2, 0.25) is 0 Å². The zero-order valence-corrected chi connectivity index (χ0v) is 10.2. The molecule has 3 nitrogen and oxygen atoms in total. The topological polar surface area (TPSA) is 62.7 Å². The molecule has 84 valence electrons. The van der Waals surface area contributed by atoms with Crippen molar-refractivity contribution in [2.45, 2.75) is 16.8 Å². The van der Waals surface area contributed by atoms with Gasteiger partial charge in [0.25, 0.3) is 0 Å². The summed E-state index contributed by atoms with van der Waals surface area (Å²) in [5, 5.41) is 9.63. The number of benzene rings is 1. The molecule has 0 spiro atoms. The fourth-order valence-electron chi connectivity index (χ4n) is 1.40. The van der Waals surface area contributed by atoms with E-state index in [0.717, 1.165) is 9.92 Å². The lowest BCUT2D eigenvalue weighted by molar-refractivity contribution is 1.11. The third kappa shape index (κ3) is 2.77. The number of rotatable bonds is 2. The Kier molecular flexibility index (Phi) is 3.31. The molecule has 0 aliphatic heterocycles. The minimum absolute atomic E-state index is 0.280. The van der Waals surface area contributed by atoms with E-state index in [2.05, 4.69) is 11.1 Å². The van der Waals surface area contributed by atoms with Crippen molar-refractivity contribution in [1.29, 1.82) is 5.26 Å².